The molecule has 0 fully saturated rings. The fourth-order valence-corrected chi connectivity index (χ4v) is 0.583. The summed E-state index contributed by atoms with van der Waals surface area (Å²) < 4.78 is 34.9. The molecule has 0 spiro atoms. The van der Waals surface area contributed by atoms with Gasteiger partial charge in [-0.2, -0.15) is 13.2 Å². The molecule has 12 heavy (non-hydrogen) atoms. The quantitative estimate of drug-likeness (QED) is 0.294. The molecule has 0 saturated carbocycles. The molecule has 0 aliphatic rings. The van der Waals surface area contributed by atoms with Crippen molar-refractivity contribution in [1.29, 1.82) is 0 Å². The van der Waals surface area contributed by atoms with Crippen LogP contribution in [0.2, 0.25) is 0 Å². The van der Waals surface area contributed by atoms with Crippen molar-refractivity contribution in [3.8, 4) is 0 Å². The standard InChI is InChI=1S/C5H3BF3I2N/c6-3(1-10)2-12-4(11)5(7,8)9/h2H,1H2/b3-2+,12-4?. The Labute approximate surface area is 96.6 Å². The maximum Gasteiger partial charge on any atom is 0.439 e. The maximum absolute atomic E-state index is 11.8. The summed E-state index contributed by atoms with van der Waals surface area (Å²) in [6.45, 7) is 0. The van der Waals surface area contributed by atoms with E-state index in [1.807, 2.05) is 22.6 Å². The summed E-state index contributed by atoms with van der Waals surface area (Å²) in [7, 11) is 5.24. The lowest BCUT2D eigenvalue weighted by molar-refractivity contribution is -0.0544. The lowest BCUT2D eigenvalue weighted by atomic mass is 10.00. The lowest BCUT2D eigenvalue weighted by Crippen LogP contribution is -2.15. The van der Waals surface area contributed by atoms with Gasteiger partial charge < -0.3 is 0 Å². The molecule has 0 unspecified atom stereocenters. The van der Waals surface area contributed by atoms with E-state index in [2.05, 4.69) is 4.99 Å². The molecule has 0 amide bonds. The van der Waals surface area contributed by atoms with Gasteiger partial charge in [0.1, 0.15) is 7.85 Å². The maximum atomic E-state index is 11.8. The minimum atomic E-state index is -4.37. The van der Waals surface area contributed by atoms with Gasteiger partial charge in [-0.05, 0) is 22.6 Å². The van der Waals surface area contributed by atoms with Crippen LogP contribution < -0.4 is 0 Å². The fourth-order valence-electron chi connectivity index (χ4n) is 0.247. The van der Waals surface area contributed by atoms with E-state index >= 15 is 0 Å². The van der Waals surface area contributed by atoms with Gasteiger partial charge in [-0.15, -0.1) is 0 Å². The van der Waals surface area contributed by atoms with Crippen molar-refractivity contribution in [3.63, 3.8) is 0 Å². The van der Waals surface area contributed by atoms with Crippen molar-refractivity contribution in [1.82, 2.24) is 0 Å². The number of halogens is 5. The van der Waals surface area contributed by atoms with Crippen LogP contribution in [0.15, 0.2) is 16.7 Å². The molecule has 66 valence electrons. The van der Waals surface area contributed by atoms with Crippen molar-refractivity contribution in [3.05, 3.63) is 11.7 Å². The Kier molecular flexibility index (Phi) is 5.78. The summed E-state index contributed by atoms with van der Waals surface area (Å²) in [5, 5.41) is 0. The second-order valence-corrected chi connectivity index (χ2v) is 3.54. The van der Waals surface area contributed by atoms with Crippen molar-refractivity contribution in [2.24, 2.45) is 4.99 Å². The SMILES string of the molecule is [B]/C(=C/N=C(I)C(F)(F)F)CI. The van der Waals surface area contributed by atoms with Crippen molar-refractivity contribution in [2.45, 2.75) is 6.18 Å². The van der Waals surface area contributed by atoms with E-state index in [-0.39, 0.29) is 0 Å². The third-order valence-electron chi connectivity index (χ3n) is 0.732. The van der Waals surface area contributed by atoms with Crippen molar-refractivity contribution >= 4 is 56.7 Å². The van der Waals surface area contributed by atoms with Crippen LogP contribution in [0, 0.1) is 0 Å². The van der Waals surface area contributed by atoms with Gasteiger partial charge >= 0.3 is 6.18 Å². The molecule has 1 nitrogen and oxygen atoms in total. The van der Waals surface area contributed by atoms with Crippen molar-refractivity contribution in [2.75, 3.05) is 4.43 Å². The molecule has 0 rings (SSSR count). The molecule has 2 radical (unpaired) electrons. The van der Waals surface area contributed by atoms with E-state index in [9.17, 15) is 13.2 Å². The highest BCUT2D eigenvalue weighted by Crippen LogP contribution is 2.21. The molecule has 0 aromatic rings. The summed E-state index contributed by atoms with van der Waals surface area (Å²) in [5.74, 6) is 0. The van der Waals surface area contributed by atoms with Gasteiger partial charge in [-0.25, -0.2) is 4.99 Å². The average Bonchev–Trinajstić information content (AvgIpc) is 1.97. The Morgan fingerprint density at radius 3 is 2.33 bits per heavy atom. The summed E-state index contributed by atoms with van der Waals surface area (Å²) in [4.78, 5) is 3.15. The first kappa shape index (κ1) is 12.7. The van der Waals surface area contributed by atoms with Crippen LogP contribution in [0.3, 0.4) is 0 Å². The van der Waals surface area contributed by atoms with Crippen LogP contribution in [0.25, 0.3) is 0 Å². The second kappa shape index (κ2) is 5.45. The molecule has 0 aliphatic carbocycles. The molecular formula is C5H3BF3I2N. The van der Waals surface area contributed by atoms with Gasteiger partial charge in [0, 0.05) is 10.6 Å². The molecule has 0 bridgehead atoms. The second-order valence-electron chi connectivity index (χ2n) is 1.76. The van der Waals surface area contributed by atoms with Crippen LogP contribution in [0.4, 0.5) is 13.2 Å². The number of nitrogens with zero attached hydrogens (tertiary/aromatic N) is 1. The zero-order valence-corrected chi connectivity index (χ0v) is 10.0. The Morgan fingerprint density at radius 1 is 1.50 bits per heavy atom. The Bertz CT molecular complexity index is 211. The van der Waals surface area contributed by atoms with Gasteiger partial charge in [-0.1, -0.05) is 28.1 Å². The first-order valence-electron chi connectivity index (χ1n) is 2.69. The molecule has 7 heteroatoms. The van der Waals surface area contributed by atoms with Gasteiger partial charge in [0.25, 0.3) is 0 Å². The zero-order chi connectivity index (χ0) is 9.78. The van der Waals surface area contributed by atoms with Crippen molar-refractivity contribution < 1.29 is 13.2 Å². The van der Waals surface area contributed by atoms with Crippen LogP contribution >= 0.6 is 45.2 Å². The van der Waals surface area contributed by atoms with E-state index < -0.39 is 9.89 Å². The van der Waals surface area contributed by atoms with E-state index in [4.69, 9.17) is 7.85 Å². The molecule has 0 N–H and O–H groups in total. The Balaban J connectivity index is 4.39. The first-order valence-corrected chi connectivity index (χ1v) is 5.29. The number of rotatable bonds is 2. The molecule has 0 atom stereocenters. The van der Waals surface area contributed by atoms with E-state index in [1.54, 1.807) is 0 Å². The van der Waals surface area contributed by atoms with Gasteiger partial charge in [0.2, 0.25) is 0 Å². The topological polar surface area (TPSA) is 12.4 Å². The van der Waals surface area contributed by atoms with E-state index in [1.165, 1.54) is 0 Å². The van der Waals surface area contributed by atoms with E-state index in [0.29, 0.717) is 9.90 Å². The number of aliphatic imine (C=N–C) groups is 1. The number of hydrogen-bond donors (Lipinski definition) is 0. The molecule has 0 aliphatic heterocycles. The Morgan fingerprint density at radius 2 is 2.00 bits per heavy atom. The monoisotopic (exact) mass is 399 g/mol. The average molecular weight is 399 g/mol. The highest BCUT2D eigenvalue weighted by atomic mass is 127. The minimum Gasteiger partial charge on any atom is -0.246 e. The first-order chi connectivity index (χ1) is 5.38. The van der Waals surface area contributed by atoms with Gasteiger partial charge in [0.15, 0.2) is 3.72 Å². The summed E-state index contributed by atoms with van der Waals surface area (Å²) in [6.07, 6.45) is -3.36. The lowest BCUT2D eigenvalue weighted by Gasteiger charge is -2.01. The molecular weight excluding hydrogens is 396 g/mol. The van der Waals surface area contributed by atoms with Crippen LogP contribution in [-0.4, -0.2) is 22.2 Å². The minimum absolute atomic E-state index is 0.314. The van der Waals surface area contributed by atoms with Gasteiger partial charge in [-0.3, -0.25) is 0 Å². The summed E-state index contributed by atoms with van der Waals surface area (Å²) >= 11 is 3.06. The van der Waals surface area contributed by atoms with Crippen LogP contribution in [0.5, 0.6) is 0 Å². The van der Waals surface area contributed by atoms with Gasteiger partial charge in [0.05, 0.1) is 0 Å². The smallest absolute Gasteiger partial charge is 0.246 e. The molecule has 0 aromatic heterocycles. The third kappa shape index (κ3) is 5.38. The van der Waals surface area contributed by atoms with Crippen LogP contribution in [0.1, 0.15) is 0 Å². The highest BCUT2D eigenvalue weighted by molar-refractivity contribution is 14.1. The van der Waals surface area contributed by atoms with E-state index in [0.717, 1.165) is 28.8 Å². The summed E-state index contributed by atoms with van der Waals surface area (Å²) in [6, 6.07) is 0. The molecule has 0 aromatic carbocycles. The largest absolute Gasteiger partial charge is 0.439 e. The normalized spacial score (nSPS) is 15.1. The molecule has 0 saturated heterocycles. The Hall–Kier alpha value is 0.725. The highest BCUT2D eigenvalue weighted by Gasteiger charge is 2.33. The van der Waals surface area contributed by atoms with Crippen LogP contribution in [-0.2, 0) is 0 Å². The number of allylic oxidation sites excluding steroid dienone is 1. The molecule has 0 heterocycles. The number of hydrogen-bond acceptors (Lipinski definition) is 1. The summed E-state index contributed by atoms with van der Waals surface area (Å²) in [5.41, 5.74) is 0.314. The predicted octanol–water partition coefficient (Wildman–Crippen LogP) is 2.83. The fraction of sp³-hybridized carbons (Fsp3) is 0.400. The third-order valence-corrected chi connectivity index (χ3v) is 2.50. The predicted molar refractivity (Wildman–Crippen MR) is 60.2 cm³/mol. The zero-order valence-electron chi connectivity index (χ0n) is 5.70. The number of alkyl halides is 4.